The second kappa shape index (κ2) is 8.43. The van der Waals surface area contributed by atoms with Crippen LogP contribution in [0.3, 0.4) is 0 Å². The highest BCUT2D eigenvalue weighted by atomic mass is 15.2. The molecule has 0 amide bonds. The average molecular weight is 347 g/mol. The van der Waals surface area contributed by atoms with Crippen LogP contribution in [-0.2, 0) is 6.42 Å². The van der Waals surface area contributed by atoms with Gasteiger partial charge in [0.05, 0.1) is 0 Å². The fourth-order valence-electron chi connectivity index (χ4n) is 2.68. The van der Waals surface area contributed by atoms with Crippen molar-refractivity contribution in [2.45, 2.75) is 26.3 Å². The molecule has 1 N–H and O–H groups in total. The highest BCUT2D eigenvalue weighted by Gasteiger charge is 2.11. The van der Waals surface area contributed by atoms with Crippen molar-refractivity contribution >= 4 is 11.6 Å². The zero-order chi connectivity index (χ0) is 18.4. The topological polar surface area (TPSA) is 53.9 Å². The number of pyridine rings is 1. The van der Waals surface area contributed by atoms with E-state index in [9.17, 15) is 0 Å². The zero-order valence-corrected chi connectivity index (χ0v) is 15.6. The van der Waals surface area contributed by atoms with E-state index in [-0.39, 0.29) is 0 Å². The second-order valence-corrected chi connectivity index (χ2v) is 6.63. The Morgan fingerprint density at radius 2 is 1.73 bits per heavy atom. The van der Waals surface area contributed by atoms with E-state index in [2.05, 4.69) is 53.2 Å². The van der Waals surface area contributed by atoms with Gasteiger partial charge in [-0.05, 0) is 38.0 Å². The molecule has 3 rings (SSSR count). The molecule has 0 saturated carbocycles. The molecule has 0 aliphatic rings. The molecule has 0 aliphatic carbocycles. The summed E-state index contributed by atoms with van der Waals surface area (Å²) in [6.07, 6.45) is 4.60. The first kappa shape index (κ1) is 17.9. The Morgan fingerprint density at radius 3 is 2.42 bits per heavy atom. The normalized spacial score (nSPS) is 10.8. The summed E-state index contributed by atoms with van der Waals surface area (Å²) in [5.41, 5.74) is 2.29. The van der Waals surface area contributed by atoms with Crippen molar-refractivity contribution in [2.24, 2.45) is 0 Å². The van der Waals surface area contributed by atoms with Crippen molar-refractivity contribution in [3.05, 3.63) is 66.5 Å². The molecule has 26 heavy (non-hydrogen) atoms. The van der Waals surface area contributed by atoms with Crippen molar-refractivity contribution in [3.8, 4) is 11.4 Å². The van der Waals surface area contributed by atoms with Crippen molar-refractivity contribution < 1.29 is 0 Å². The van der Waals surface area contributed by atoms with Gasteiger partial charge in [0, 0.05) is 43.7 Å². The van der Waals surface area contributed by atoms with Gasteiger partial charge in [0.15, 0.2) is 5.82 Å². The minimum Gasteiger partial charge on any atom is -0.368 e. The summed E-state index contributed by atoms with van der Waals surface area (Å²) < 4.78 is 0. The first-order valence-corrected chi connectivity index (χ1v) is 8.93. The van der Waals surface area contributed by atoms with E-state index in [0.29, 0.717) is 6.04 Å². The van der Waals surface area contributed by atoms with Gasteiger partial charge in [-0.15, -0.1) is 0 Å². The molecule has 0 radical (unpaired) electrons. The van der Waals surface area contributed by atoms with Crippen LogP contribution in [-0.4, -0.2) is 34.6 Å². The average Bonchev–Trinajstić information content (AvgIpc) is 2.67. The lowest BCUT2D eigenvalue weighted by Crippen LogP contribution is -2.22. The third kappa shape index (κ3) is 4.79. The van der Waals surface area contributed by atoms with Gasteiger partial charge in [-0.2, -0.15) is 0 Å². The van der Waals surface area contributed by atoms with Gasteiger partial charge in [-0.1, -0.05) is 30.3 Å². The summed E-state index contributed by atoms with van der Waals surface area (Å²) in [6, 6.07) is 16.5. The fraction of sp³-hybridized carbons (Fsp3) is 0.286. The predicted molar refractivity (Wildman–Crippen MR) is 107 cm³/mol. The van der Waals surface area contributed by atoms with Crippen molar-refractivity contribution in [1.29, 1.82) is 0 Å². The number of hydrogen-bond acceptors (Lipinski definition) is 5. The van der Waals surface area contributed by atoms with Gasteiger partial charge in [0.2, 0.25) is 0 Å². The molecular formula is C21H25N5. The molecule has 0 saturated heterocycles. The number of aromatic nitrogens is 3. The van der Waals surface area contributed by atoms with Gasteiger partial charge in [-0.25, -0.2) is 9.97 Å². The molecule has 5 nitrogen and oxygen atoms in total. The number of nitrogens with zero attached hydrogens (tertiary/aromatic N) is 4. The van der Waals surface area contributed by atoms with Crippen LogP contribution in [0.5, 0.6) is 0 Å². The van der Waals surface area contributed by atoms with Crippen LogP contribution < -0.4 is 10.2 Å². The van der Waals surface area contributed by atoms with E-state index in [4.69, 9.17) is 4.98 Å². The van der Waals surface area contributed by atoms with E-state index in [0.717, 1.165) is 36.0 Å². The quantitative estimate of drug-likeness (QED) is 0.699. The van der Waals surface area contributed by atoms with Crippen LogP contribution in [0.4, 0.5) is 11.6 Å². The van der Waals surface area contributed by atoms with Crippen LogP contribution in [0, 0.1) is 0 Å². The monoisotopic (exact) mass is 347 g/mol. The largest absolute Gasteiger partial charge is 0.368 e. The van der Waals surface area contributed by atoms with Crippen LogP contribution in [0.1, 0.15) is 19.4 Å². The highest BCUT2D eigenvalue weighted by Crippen LogP contribution is 2.22. The van der Waals surface area contributed by atoms with Crippen LogP contribution in [0.2, 0.25) is 0 Å². The molecule has 5 heteroatoms. The number of rotatable bonds is 7. The molecule has 3 aromatic rings. The molecule has 0 spiro atoms. The molecule has 2 heterocycles. The Labute approximate surface area is 155 Å². The first-order valence-electron chi connectivity index (χ1n) is 8.93. The number of anilines is 2. The molecule has 0 fully saturated rings. The van der Waals surface area contributed by atoms with Crippen LogP contribution >= 0.6 is 0 Å². The minimum absolute atomic E-state index is 0.309. The Bertz CT molecular complexity index is 818. The molecule has 2 aromatic heterocycles. The van der Waals surface area contributed by atoms with Gasteiger partial charge in [-0.3, -0.25) is 4.98 Å². The summed E-state index contributed by atoms with van der Waals surface area (Å²) in [4.78, 5) is 15.7. The van der Waals surface area contributed by atoms with Crippen LogP contribution in [0.15, 0.2) is 60.9 Å². The number of hydrogen-bond donors (Lipinski definition) is 1. The SMILES string of the molecule is CC(C)Nc1cc(N(C)CCc2ccncc2)nc(-c2ccccc2)n1. The van der Waals surface area contributed by atoms with Gasteiger partial charge < -0.3 is 10.2 Å². The summed E-state index contributed by atoms with van der Waals surface area (Å²) in [5, 5.41) is 3.40. The second-order valence-electron chi connectivity index (χ2n) is 6.63. The third-order valence-corrected chi connectivity index (χ3v) is 4.06. The highest BCUT2D eigenvalue weighted by molar-refractivity contribution is 5.61. The van der Waals surface area contributed by atoms with Gasteiger partial charge in [0.1, 0.15) is 11.6 Å². The maximum atomic E-state index is 4.79. The lowest BCUT2D eigenvalue weighted by molar-refractivity contribution is 0.849. The maximum absolute atomic E-state index is 4.79. The molecular weight excluding hydrogens is 322 g/mol. The lowest BCUT2D eigenvalue weighted by atomic mass is 10.2. The Kier molecular flexibility index (Phi) is 5.79. The van der Waals surface area contributed by atoms with Gasteiger partial charge in [0.25, 0.3) is 0 Å². The molecule has 0 bridgehead atoms. The number of nitrogens with one attached hydrogen (secondary N) is 1. The van der Waals surface area contributed by atoms with E-state index >= 15 is 0 Å². The molecule has 0 unspecified atom stereocenters. The third-order valence-electron chi connectivity index (χ3n) is 4.06. The number of likely N-dealkylation sites (N-methyl/N-ethyl adjacent to an activating group) is 1. The molecule has 134 valence electrons. The smallest absolute Gasteiger partial charge is 0.163 e. The summed E-state index contributed by atoms with van der Waals surface area (Å²) in [5.74, 6) is 2.50. The Hall–Kier alpha value is -2.95. The van der Waals surface area contributed by atoms with Crippen molar-refractivity contribution in [3.63, 3.8) is 0 Å². The lowest BCUT2D eigenvalue weighted by Gasteiger charge is -2.20. The standard InChI is InChI=1S/C21H25N5/c1-16(2)23-19-15-20(25-21(24-19)18-7-5-4-6-8-18)26(3)14-11-17-9-12-22-13-10-17/h4-10,12-13,15-16H,11,14H2,1-3H3,(H,23,24,25). The Balaban J connectivity index is 1.84. The zero-order valence-electron chi connectivity index (χ0n) is 15.6. The molecule has 0 atom stereocenters. The van der Waals surface area contributed by atoms with Crippen molar-refractivity contribution in [2.75, 3.05) is 23.8 Å². The van der Waals surface area contributed by atoms with Crippen LogP contribution in [0.25, 0.3) is 11.4 Å². The molecule has 0 aliphatic heterocycles. The summed E-state index contributed by atoms with van der Waals surface area (Å²) in [6.45, 7) is 5.09. The number of benzene rings is 1. The fourth-order valence-corrected chi connectivity index (χ4v) is 2.68. The van der Waals surface area contributed by atoms with Gasteiger partial charge >= 0.3 is 0 Å². The molecule has 1 aromatic carbocycles. The van der Waals surface area contributed by atoms with E-state index in [1.54, 1.807) is 0 Å². The maximum Gasteiger partial charge on any atom is 0.163 e. The predicted octanol–water partition coefficient (Wildman–Crippen LogP) is 4.04. The minimum atomic E-state index is 0.309. The van der Waals surface area contributed by atoms with E-state index in [1.165, 1.54) is 5.56 Å². The van der Waals surface area contributed by atoms with E-state index < -0.39 is 0 Å². The first-order chi connectivity index (χ1) is 12.6. The summed E-state index contributed by atoms with van der Waals surface area (Å²) >= 11 is 0. The summed E-state index contributed by atoms with van der Waals surface area (Å²) in [7, 11) is 2.07. The van der Waals surface area contributed by atoms with E-state index in [1.807, 2.05) is 48.8 Å². The van der Waals surface area contributed by atoms with Crippen molar-refractivity contribution in [1.82, 2.24) is 15.0 Å². The Morgan fingerprint density at radius 1 is 1.00 bits per heavy atom.